The van der Waals surface area contributed by atoms with Crippen LogP contribution >= 0.6 is 0 Å². The van der Waals surface area contributed by atoms with Crippen molar-refractivity contribution in [1.82, 2.24) is 4.90 Å². The summed E-state index contributed by atoms with van der Waals surface area (Å²) in [6.45, 7) is 4.58. The lowest BCUT2D eigenvalue weighted by Gasteiger charge is -2.25. The zero-order valence-electron chi connectivity index (χ0n) is 16.1. The van der Waals surface area contributed by atoms with Gasteiger partial charge in [0.25, 0.3) is 0 Å². The molecule has 5 heteroatoms. The van der Waals surface area contributed by atoms with Crippen molar-refractivity contribution < 1.29 is 14.3 Å². The van der Waals surface area contributed by atoms with Crippen LogP contribution < -0.4 is 10.1 Å². The second kappa shape index (κ2) is 9.53. The molecule has 0 spiro atoms. The van der Waals surface area contributed by atoms with E-state index in [2.05, 4.69) is 16.3 Å². The van der Waals surface area contributed by atoms with Gasteiger partial charge in [-0.1, -0.05) is 24.3 Å². The fraction of sp³-hybridized carbons (Fsp3) is 0.409. The van der Waals surface area contributed by atoms with E-state index >= 15 is 0 Å². The van der Waals surface area contributed by atoms with Crippen molar-refractivity contribution in [1.29, 1.82) is 0 Å². The topological polar surface area (TPSA) is 50.8 Å². The van der Waals surface area contributed by atoms with Gasteiger partial charge in [-0.05, 0) is 55.2 Å². The Kier molecular flexibility index (Phi) is 6.85. The average Bonchev–Trinajstić information content (AvgIpc) is 3.14. The van der Waals surface area contributed by atoms with Crippen LogP contribution in [0.3, 0.4) is 0 Å². The Labute approximate surface area is 161 Å². The smallest absolute Gasteiger partial charge is 0.238 e. The number of rotatable bonds is 8. The third-order valence-corrected chi connectivity index (χ3v) is 4.70. The molecule has 5 nitrogen and oxygen atoms in total. The third-order valence-electron chi connectivity index (χ3n) is 4.70. The number of hydrogen-bond donors (Lipinski definition) is 1. The standard InChI is InChI=1S/C22H28N2O3/c1-17-6-3-8-19(12-17)23-22(25)16-24(15-21-10-5-11-27-21)14-18-7-4-9-20(13-18)26-2/h3-4,6-9,12-13,21H,5,10-11,14-16H2,1-2H3,(H,23,25). The summed E-state index contributed by atoms with van der Waals surface area (Å²) in [6, 6.07) is 15.8. The zero-order valence-corrected chi connectivity index (χ0v) is 16.1. The average molecular weight is 368 g/mol. The fourth-order valence-corrected chi connectivity index (χ4v) is 3.42. The molecule has 1 fully saturated rings. The number of amides is 1. The summed E-state index contributed by atoms with van der Waals surface area (Å²) in [5.41, 5.74) is 3.08. The van der Waals surface area contributed by atoms with E-state index in [1.54, 1.807) is 7.11 Å². The van der Waals surface area contributed by atoms with Crippen LogP contribution in [0.2, 0.25) is 0 Å². The molecule has 1 saturated heterocycles. The maximum Gasteiger partial charge on any atom is 0.238 e. The first-order chi connectivity index (χ1) is 13.1. The summed E-state index contributed by atoms with van der Waals surface area (Å²) in [7, 11) is 1.67. The molecule has 0 radical (unpaired) electrons. The first kappa shape index (κ1) is 19.4. The van der Waals surface area contributed by atoms with Crippen LogP contribution in [0.25, 0.3) is 0 Å². The minimum Gasteiger partial charge on any atom is -0.497 e. The van der Waals surface area contributed by atoms with Crippen LogP contribution in [0, 0.1) is 6.92 Å². The Morgan fingerprint density at radius 1 is 1.26 bits per heavy atom. The van der Waals surface area contributed by atoms with E-state index in [-0.39, 0.29) is 12.0 Å². The molecule has 1 unspecified atom stereocenters. The molecule has 1 N–H and O–H groups in total. The predicted octanol–water partition coefficient (Wildman–Crippen LogP) is 3.62. The van der Waals surface area contributed by atoms with E-state index in [1.807, 2.05) is 49.4 Å². The molecule has 0 aliphatic carbocycles. The normalized spacial score (nSPS) is 16.5. The lowest BCUT2D eigenvalue weighted by atomic mass is 10.1. The fourth-order valence-electron chi connectivity index (χ4n) is 3.42. The van der Waals surface area contributed by atoms with Gasteiger partial charge in [-0.3, -0.25) is 9.69 Å². The molecule has 1 heterocycles. The van der Waals surface area contributed by atoms with Crippen molar-refractivity contribution >= 4 is 11.6 Å². The van der Waals surface area contributed by atoms with Crippen molar-refractivity contribution in [3.05, 3.63) is 59.7 Å². The lowest BCUT2D eigenvalue weighted by Crippen LogP contribution is -2.37. The van der Waals surface area contributed by atoms with Gasteiger partial charge in [-0.2, -0.15) is 0 Å². The Hall–Kier alpha value is -2.37. The molecule has 27 heavy (non-hydrogen) atoms. The lowest BCUT2D eigenvalue weighted by molar-refractivity contribution is -0.117. The van der Waals surface area contributed by atoms with Crippen LogP contribution in [0.15, 0.2) is 48.5 Å². The number of carbonyl (C=O) groups is 1. The van der Waals surface area contributed by atoms with Gasteiger partial charge in [-0.15, -0.1) is 0 Å². The quantitative estimate of drug-likeness (QED) is 0.773. The molecule has 1 aliphatic rings. The molecular weight excluding hydrogens is 340 g/mol. The highest BCUT2D eigenvalue weighted by Gasteiger charge is 2.21. The van der Waals surface area contributed by atoms with E-state index < -0.39 is 0 Å². The van der Waals surface area contributed by atoms with Gasteiger partial charge in [0, 0.05) is 25.4 Å². The number of ether oxygens (including phenoxy) is 2. The SMILES string of the molecule is COc1cccc(CN(CC(=O)Nc2cccc(C)c2)CC2CCCO2)c1. The highest BCUT2D eigenvalue weighted by Crippen LogP contribution is 2.18. The number of aryl methyl sites for hydroxylation is 1. The number of carbonyl (C=O) groups excluding carboxylic acids is 1. The van der Waals surface area contributed by atoms with E-state index in [0.29, 0.717) is 13.1 Å². The van der Waals surface area contributed by atoms with E-state index in [1.165, 1.54) is 0 Å². The molecule has 0 saturated carbocycles. The molecule has 0 bridgehead atoms. The van der Waals surface area contributed by atoms with Gasteiger partial charge in [0.15, 0.2) is 0 Å². The molecule has 1 aliphatic heterocycles. The summed E-state index contributed by atoms with van der Waals surface area (Å²) < 4.78 is 11.1. The summed E-state index contributed by atoms with van der Waals surface area (Å²) in [6.07, 6.45) is 2.34. The molecular formula is C22H28N2O3. The maximum absolute atomic E-state index is 12.6. The van der Waals surface area contributed by atoms with Gasteiger partial charge in [0.1, 0.15) is 5.75 Å². The molecule has 1 atom stereocenters. The largest absolute Gasteiger partial charge is 0.497 e. The molecule has 0 aromatic heterocycles. The van der Waals surface area contributed by atoms with E-state index in [9.17, 15) is 4.79 Å². The monoisotopic (exact) mass is 368 g/mol. The number of nitrogens with zero attached hydrogens (tertiary/aromatic N) is 1. The summed E-state index contributed by atoms with van der Waals surface area (Å²) in [5, 5.41) is 3.00. The van der Waals surface area contributed by atoms with Crippen LogP contribution in [-0.4, -0.2) is 43.7 Å². The second-order valence-electron chi connectivity index (χ2n) is 7.07. The number of anilines is 1. The Morgan fingerprint density at radius 3 is 2.85 bits per heavy atom. The molecule has 1 amide bonds. The van der Waals surface area contributed by atoms with Crippen molar-refractivity contribution in [2.45, 2.75) is 32.4 Å². The first-order valence-corrected chi connectivity index (χ1v) is 9.46. The number of hydrogen-bond acceptors (Lipinski definition) is 4. The minimum absolute atomic E-state index is 0.0125. The maximum atomic E-state index is 12.6. The van der Waals surface area contributed by atoms with Crippen LogP contribution in [0.4, 0.5) is 5.69 Å². The van der Waals surface area contributed by atoms with Gasteiger partial charge in [-0.25, -0.2) is 0 Å². The number of methoxy groups -OCH3 is 1. The van der Waals surface area contributed by atoms with Crippen LogP contribution in [-0.2, 0) is 16.1 Å². The highest BCUT2D eigenvalue weighted by atomic mass is 16.5. The first-order valence-electron chi connectivity index (χ1n) is 9.46. The Bertz CT molecular complexity index is 757. The van der Waals surface area contributed by atoms with Crippen molar-refractivity contribution in [3.8, 4) is 5.75 Å². The molecule has 2 aromatic rings. The van der Waals surface area contributed by atoms with Gasteiger partial charge in [0.2, 0.25) is 5.91 Å². The van der Waals surface area contributed by atoms with Gasteiger partial charge >= 0.3 is 0 Å². The van der Waals surface area contributed by atoms with Crippen molar-refractivity contribution in [3.63, 3.8) is 0 Å². The number of nitrogens with one attached hydrogen (secondary N) is 1. The van der Waals surface area contributed by atoms with Gasteiger partial charge < -0.3 is 14.8 Å². The number of benzene rings is 2. The summed E-state index contributed by atoms with van der Waals surface area (Å²) in [5.74, 6) is 0.815. The molecule has 2 aromatic carbocycles. The van der Waals surface area contributed by atoms with Crippen molar-refractivity contribution in [2.24, 2.45) is 0 Å². The van der Waals surface area contributed by atoms with Crippen molar-refractivity contribution in [2.75, 3.05) is 32.1 Å². The van der Waals surface area contributed by atoms with Gasteiger partial charge in [0.05, 0.1) is 19.8 Å². The van der Waals surface area contributed by atoms with E-state index in [4.69, 9.17) is 9.47 Å². The third kappa shape index (κ3) is 6.08. The Morgan fingerprint density at radius 2 is 2.11 bits per heavy atom. The molecule has 3 rings (SSSR count). The zero-order chi connectivity index (χ0) is 19.1. The Balaban J connectivity index is 1.65. The summed E-state index contributed by atoms with van der Waals surface area (Å²) in [4.78, 5) is 14.8. The molecule has 144 valence electrons. The van der Waals surface area contributed by atoms with Crippen LogP contribution in [0.5, 0.6) is 5.75 Å². The van der Waals surface area contributed by atoms with E-state index in [0.717, 1.165) is 48.6 Å². The second-order valence-corrected chi connectivity index (χ2v) is 7.07. The highest BCUT2D eigenvalue weighted by molar-refractivity contribution is 5.92. The minimum atomic E-state index is -0.0125. The predicted molar refractivity (Wildman–Crippen MR) is 107 cm³/mol. The van der Waals surface area contributed by atoms with Crippen LogP contribution in [0.1, 0.15) is 24.0 Å². The summed E-state index contributed by atoms with van der Waals surface area (Å²) >= 11 is 0.